The van der Waals surface area contributed by atoms with E-state index in [9.17, 15) is 15.0 Å². The highest BCUT2D eigenvalue weighted by Crippen LogP contribution is 2.33. The SMILES string of the molecule is O=C(O)CC1CC(CO)C(O)C1O. The van der Waals surface area contributed by atoms with Crippen LogP contribution in [0, 0.1) is 11.8 Å². The van der Waals surface area contributed by atoms with Gasteiger partial charge < -0.3 is 20.4 Å². The first-order chi connectivity index (χ1) is 6.06. The monoisotopic (exact) mass is 190 g/mol. The molecule has 5 nitrogen and oxygen atoms in total. The molecule has 1 rings (SSSR count). The van der Waals surface area contributed by atoms with E-state index in [1.165, 1.54) is 0 Å². The van der Waals surface area contributed by atoms with E-state index in [-0.39, 0.29) is 18.9 Å². The van der Waals surface area contributed by atoms with Gasteiger partial charge in [0, 0.05) is 12.5 Å². The topological polar surface area (TPSA) is 98.0 Å². The van der Waals surface area contributed by atoms with Crippen molar-refractivity contribution < 1.29 is 25.2 Å². The van der Waals surface area contributed by atoms with Gasteiger partial charge in [0.05, 0.1) is 18.6 Å². The maximum atomic E-state index is 10.3. The van der Waals surface area contributed by atoms with Gasteiger partial charge in [-0.15, -0.1) is 0 Å². The molecule has 1 aliphatic rings. The molecular weight excluding hydrogens is 176 g/mol. The molecule has 4 N–H and O–H groups in total. The highest BCUT2D eigenvalue weighted by molar-refractivity contribution is 5.67. The van der Waals surface area contributed by atoms with Gasteiger partial charge in [0.15, 0.2) is 0 Å². The molecular formula is C8H14O5. The van der Waals surface area contributed by atoms with Crippen molar-refractivity contribution in [3.63, 3.8) is 0 Å². The van der Waals surface area contributed by atoms with Gasteiger partial charge in [0.1, 0.15) is 0 Å². The van der Waals surface area contributed by atoms with Crippen molar-refractivity contribution in [1.82, 2.24) is 0 Å². The van der Waals surface area contributed by atoms with Crippen molar-refractivity contribution in [1.29, 1.82) is 0 Å². The van der Waals surface area contributed by atoms with E-state index in [2.05, 4.69) is 0 Å². The summed E-state index contributed by atoms with van der Waals surface area (Å²) in [4.78, 5) is 10.3. The molecule has 13 heavy (non-hydrogen) atoms. The first-order valence-electron chi connectivity index (χ1n) is 4.25. The fourth-order valence-corrected chi connectivity index (χ4v) is 1.84. The third-order valence-corrected chi connectivity index (χ3v) is 2.59. The standard InChI is InChI=1S/C8H14O5/c9-3-5-1-4(2-6(10)11)7(12)8(5)13/h4-5,7-9,12-13H,1-3H2,(H,10,11). The van der Waals surface area contributed by atoms with E-state index in [0.717, 1.165) is 0 Å². The molecule has 1 aliphatic carbocycles. The average Bonchev–Trinajstić information content (AvgIpc) is 2.32. The molecule has 0 amide bonds. The summed E-state index contributed by atoms with van der Waals surface area (Å²) < 4.78 is 0. The zero-order valence-corrected chi connectivity index (χ0v) is 7.13. The summed E-state index contributed by atoms with van der Waals surface area (Å²) in [5, 5.41) is 36.0. The van der Waals surface area contributed by atoms with Crippen LogP contribution in [0.5, 0.6) is 0 Å². The Kier molecular flexibility index (Phi) is 3.24. The molecule has 0 heterocycles. The van der Waals surface area contributed by atoms with Crippen LogP contribution in [-0.4, -0.2) is 45.2 Å². The van der Waals surface area contributed by atoms with Crippen LogP contribution in [0.4, 0.5) is 0 Å². The summed E-state index contributed by atoms with van der Waals surface area (Å²) in [6.45, 7) is -0.214. The van der Waals surface area contributed by atoms with Gasteiger partial charge in [-0.05, 0) is 12.3 Å². The number of aliphatic hydroxyl groups excluding tert-OH is 3. The molecule has 5 heteroatoms. The summed E-state index contributed by atoms with van der Waals surface area (Å²) in [5.74, 6) is -1.82. The number of carboxylic acid groups (broad SMARTS) is 1. The lowest BCUT2D eigenvalue weighted by atomic mass is 10.0. The number of aliphatic carboxylic acids is 1. The van der Waals surface area contributed by atoms with E-state index < -0.39 is 24.1 Å². The first-order valence-corrected chi connectivity index (χ1v) is 4.25. The Morgan fingerprint density at radius 2 is 1.77 bits per heavy atom. The molecule has 4 unspecified atom stereocenters. The lowest BCUT2D eigenvalue weighted by Crippen LogP contribution is -2.30. The minimum atomic E-state index is -1.02. The summed E-state index contributed by atoms with van der Waals surface area (Å²) in [6.07, 6.45) is -1.80. The zero-order valence-electron chi connectivity index (χ0n) is 7.13. The van der Waals surface area contributed by atoms with Crippen molar-refractivity contribution in [3.8, 4) is 0 Å². The Morgan fingerprint density at radius 3 is 2.15 bits per heavy atom. The van der Waals surface area contributed by atoms with Crippen LogP contribution in [0.2, 0.25) is 0 Å². The van der Waals surface area contributed by atoms with Gasteiger partial charge in [-0.1, -0.05) is 0 Å². The fourth-order valence-electron chi connectivity index (χ4n) is 1.84. The Labute approximate surface area is 75.6 Å². The van der Waals surface area contributed by atoms with Gasteiger partial charge >= 0.3 is 5.97 Å². The highest BCUT2D eigenvalue weighted by atomic mass is 16.4. The summed E-state index contributed by atoms with van der Waals surface area (Å²) >= 11 is 0. The van der Waals surface area contributed by atoms with Gasteiger partial charge in [0.2, 0.25) is 0 Å². The Balaban J connectivity index is 2.55. The molecule has 76 valence electrons. The number of rotatable bonds is 3. The van der Waals surface area contributed by atoms with Crippen LogP contribution in [0.3, 0.4) is 0 Å². The smallest absolute Gasteiger partial charge is 0.303 e. The molecule has 0 aromatic rings. The van der Waals surface area contributed by atoms with Crippen LogP contribution in [-0.2, 0) is 4.79 Å². The van der Waals surface area contributed by atoms with Gasteiger partial charge in [-0.2, -0.15) is 0 Å². The second kappa shape index (κ2) is 4.04. The van der Waals surface area contributed by atoms with Crippen LogP contribution in [0.25, 0.3) is 0 Å². The quantitative estimate of drug-likeness (QED) is 0.448. The van der Waals surface area contributed by atoms with E-state index in [1.54, 1.807) is 0 Å². The van der Waals surface area contributed by atoms with E-state index >= 15 is 0 Å². The first kappa shape index (κ1) is 10.4. The largest absolute Gasteiger partial charge is 0.481 e. The number of carboxylic acids is 1. The molecule has 0 bridgehead atoms. The highest BCUT2D eigenvalue weighted by Gasteiger charge is 2.41. The Bertz CT molecular complexity index is 193. The lowest BCUT2D eigenvalue weighted by molar-refractivity contribution is -0.139. The van der Waals surface area contributed by atoms with Gasteiger partial charge in [0.25, 0.3) is 0 Å². The molecule has 0 aromatic heterocycles. The Hall–Kier alpha value is -0.650. The van der Waals surface area contributed by atoms with Crippen LogP contribution < -0.4 is 0 Å². The lowest BCUT2D eigenvalue weighted by Gasteiger charge is -2.14. The maximum Gasteiger partial charge on any atom is 0.303 e. The minimum absolute atomic E-state index is 0.158. The maximum absolute atomic E-state index is 10.3. The molecule has 0 spiro atoms. The third kappa shape index (κ3) is 2.18. The van der Waals surface area contributed by atoms with Crippen LogP contribution >= 0.6 is 0 Å². The second-order valence-corrected chi connectivity index (χ2v) is 3.52. The van der Waals surface area contributed by atoms with E-state index in [0.29, 0.717) is 6.42 Å². The normalized spacial score (nSPS) is 39.3. The van der Waals surface area contributed by atoms with Crippen molar-refractivity contribution in [2.45, 2.75) is 25.0 Å². The van der Waals surface area contributed by atoms with Crippen LogP contribution in [0.15, 0.2) is 0 Å². The zero-order chi connectivity index (χ0) is 10.0. The predicted molar refractivity (Wildman–Crippen MR) is 42.9 cm³/mol. The molecule has 0 saturated heterocycles. The summed E-state index contributed by atoms with van der Waals surface area (Å²) in [5.41, 5.74) is 0. The van der Waals surface area contributed by atoms with Gasteiger partial charge in [-0.3, -0.25) is 4.79 Å². The number of hydrogen-bond donors (Lipinski definition) is 4. The summed E-state index contributed by atoms with van der Waals surface area (Å²) in [6, 6.07) is 0. The number of aliphatic hydroxyl groups is 3. The third-order valence-electron chi connectivity index (χ3n) is 2.59. The van der Waals surface area contributed by atoms with Gasteiger partial charge in [-0.25, -0.2) is 0 Å². The predicted octanol–water partition coefficient (Wildman–Crippen LogP) is -1.19. The minimum Gasteiger partial charge on any atom is -0.481 e. The molecule has 0 radical (unpaired) electrons. The molecule has 0 aromatic carbocycles. The Morgan fingerprint density at radius 1 is 1.23 bits per heavy atom. The number of hydrogen-bond acceptors (Lipinski definition) is 4. The van der Waals surface area contributed by atoms with Crippen molar-refractivity contribution in [2.75, 3.05) is 6.61 Å². The number of carbonyl (C=O) groups is 1. The molecule has 4 atom stereocenters. The summed E-state index contributed by atoms with van der Waals surface area (Å²) in [7, 11) is 0. The van der Waals surface area contributed by atoms with Crippen LogP contribution in [0.1, 0.15) is 12.8 Å². The van der Waals surface area contributed by atoms with E-state index in [1.807, 2.05) is 0 Å². The fraction of sp³-hybridized carbons (Fsp3) is 0.875. The average molecular weight is 190 g/mol. The second-order valence-electron chi connectivity index (χ2n) is 3.52. The van der Waals surface area contributed by atoms with Crippen molar-refractivity contribution in [2.24, 2.45) is 11.8 Å². The van der Waals surface area contributed by atoms with E-state index in [4.69, 9.17) is 10.2 Å². The van der Waals surface area contributed by atoms with Crippen molar-refractivity contribution in [3.05, 3.63) is 0 Å². The molecule has 1 saturated carbocycles. The molecule has 1 fully saturated rings. The molecule has 0 aliphatic heterocycles. The van der Waals surface area contributed by atoms with Crippen molar-refractivity contribution >= 4 is 5.97 Å².